The molecular weight excluding hydrogens is 624 g/mol. The smallest absolute Gasteiger partial charge is 0.245 e. The van der Waals surface area contributed by atoms with Crippen molar-refractivity contribution >= 4 is 33.6 Å². The quantitative estimate of drug-likeness (QED) is 0.194. The summed E-state index contributed by atoms with van der Waals surface area (Å²) in [7, 11) is -2.83. The van der Waals surface area contributed by atoms with Crippen LogP contribution in [0.5, 0.6) is 5.75 Å². The average molecular weight is 671 g/mol. The number of benzene rings is 2. The van der Waals surface area contributed by atoms with Gasteiger partial charge in [-0.2, -0.15) is 4.72 Å². The summed E-state index contributed by atoms with van der Waals surface area (Å²) in [5, 5.41) is 10.6. The van der Waals surface area contributed by atoms with E-state index < -0.39 is 40.3 Å². The van der Waals surface area contributed by atoms with Crippen LogP contribution in [-0.4, -0.2) is 100 Å². The normalized spacial score (nSPS) is 16.7. The molecule has 3 amide bonds. The predicted octanol–water partition coefficient (Wildman–Crippen LogP) is 1.54. The van der Waals surface area contributed by atoms with Crippen LogP contribution in [0.2, 0.25) is 0 Å². The number of amidine groups is 1. The van der Waals surface area contributed by atoms with Crippen LogP contribution in [0.3, 0.4) is 0 Å². The van der Waals surface area contributed by atoms with Gasteiger partial charge in [0.25, 0.3) is 0 Å². The highest BCUT2D eigenvalue weighted by molar-refractivity contribution is 7.89. The molecule has 0 bridgehead atoms. The Morgan fingerprint density at radius 1 is 0.979 bits per heavy atom. The van der Waals surface area contributed by atoms with Crippen LogP contribution < -0.4 is 20.5 Å². The van der Waals surface area contributed by atoms with Gasteiger partial charge in [-0.1, -0.05) is 18.2 Å². The minimum Gasteiger partial charge on any atom is -0.496 e. The van der Waals surface area contributed by atoms with E-state index in [1.54, 1.807) is 56.0 Å². The van der Waals surface area contributed by atoms with Crippen molar-refractivity contribution in [1.82, 2.24) is 19.8 Å². The van der Waals surface area contributed by atoms with E-state index in [0.717, 1.165) is 19.3 Å². The molecule has 13 nitrogen and oxygen atoms in total. The summed E-state index contributed by atoms with van der Waals surface area (Å²) in [6, 6.07) is 5.90. The molecule has 2 aliphatic heterocycles. The van der Waals surface area contributed by atoms with Gasteiger partial charge in [0.15, 0.2) is 0 Å². The van der Waals surface area contributed by atoms with E-state index in [9.17, 15) is 22.8 Å². The van der Waals surface area contributed by atoms with Gasteiger partial charge in [-0.3, -0.25) is 19.8 Å². The van der Waals surface area contributed by atoms with Crippen molar-refractivity contribution in [2.75, 3.05) is 46.5 Å². The molecule has 0 unspecified atom stereocenters. The lowest BCUT2D eigenvalue weighted by molar-refractivity contribution is -0.139. The zero-order chi connectivity index (χ0) is 34.3. The lowest BCUT2D eigenvalue weighted by atomic mass is 10.0. The zero-order valence-electron chi connectivity index (χ0n) is 27.6. The Hall–Kier alpha value is -4.01. The van der Waals surface area contributed by atoms with Crippen LogP contribution >= 0.6 is 0 Å². The Labute approximate surface area is 276 Å². The van der Waals surface area contributed by atoms with Crippen molar-refractivity contribution in [3.63, 3.8) is 0 Å². The first-order chi connectivity index (χ1) is 22.3. The molecule has 14 heteroatoms. The number of likely N-dealkylation sites (tertiary alicyclic amines) is 1. The lowest BCUT2D eigenvalue weighted by Gasteiger charge is -2.32. The molecule has 0 aliphatic carbocycles. The molecule has 47 heavy (non-hydrogen) atoms. The number of aryl methyl sites for hydroxylation is 1. The van der Waals surface area contributed by atoms with Gasteiger partial charge in [0, 0.05) is 38.2 Å². The first-order valence-corrected chi connectivity index (χ1v) is 17.4. The second kappa shape index (κ2) is 15.7. The van der Waals surface area contributed by atoms with Crippen molar-refractivity contribution in [3.8, 4) is 5.75 Å². The number of nitrogen functional groups attached to an aromatic ring is 1. The minimum atomic E-state index is -4.33. The molecule has 5 N–H and O–H groups in total. The van der Waals surface area contributed by atoms with Crippen LogP contribution in [0.25, 0.3) is 0 Å². The summed E-state index contributed by atoms with van der Waals surface area (Å²) < 4.78 is 41.2. The maximum absolute atomic E-state index is 14.1. The highest BCUT2D eigenvalue weighted by Crippen LogP contribution is 2.30. The number of sulfonamides is 1. The number of nitrogens with one attached hydrogen (secondary N) is 3. The first-order valence-electron chi connectivity index (χ1n) is 15.9. The lowest BCUT2D eigenvalue weighted by Crippen LogP contribution is -2.57. The standard InChI is InChI=1S/C33H46N6O7S/c1-21-17-28(45-4)22(2)23(3)30(21)47(43,44)37-26(20-29(40)38-13-15-46-16-14-38)32(41)36-27(33(42)39-11-6-5-7-12-39)19-24-9-8-10-25(18-24)31(34)35/h8-10,17-18,26-27,37H,5-7,11-16,19-20H2,1-4H3,(H3,34,35)(H,36,41)/t26-,27-/m0/s1. The van der Waals surface area contributed by atoms with Gasteiger partial charge in [0.05, 0.1) is 31.6 Å². The summed E-state index contributed by atoms with van der Waals surface area (Å²) in [4.78, 5) is 44.6. The minimum absolute atomic E-state index is 0.00517. The van der Waals surface area contributed by atoms with Crippen LogP contribution in [0, 0.1) is 26.2 Å². The maximum Gasteiger partial charge on any atom is 0.245 e. The predicted molar refractivity (Wildman–Crippen MR) is 177 cm³/mol. The molecule has 0 spiro atoms. The third-order valence-electron chi connectivity index (χ3n) is 8.78. The number of hydrogen-bond acceptors (Lipinski definition) is 8. The molecule has 256 valence electrons. The van der Waals surface area contributed by atoms with Crippen LogP contribution in [0.4, 0.5) is 0 Å². The molecule has 2 aliphatic rings. The van der Waals surface area contributed by atoms with Crippen molar-refractivity contribution in [1.29, 1.82) is 5.41 Å². The monoisotopic (exact) mass is 670 g/mol. The number of morpholine rings is 1. The topological polar surface area (TPSA) is 184 Å². The van der Waals surface area contributed by atoms with Crippen molar-refractivity contribution < 1.29 is 32.3 Å². The average Bonchev–Trinajstić information content (AvgIpc) is 3.06. The van der Waals surface area contributed by atoms with Crippen molar-refractivity contribution in [2.24, 2.45) is 5.73 Å². The molecule has 2 aromatic rings. The molecule has 0 saturated carbocycles. The summed E-state index contributed by atoms with van der Waals surface area (Å²) in [6.07, 6.45) is 2.29. The van der Waals surface area contributed by atoms with Gasteiger partial charge in [0.2, 0.25) is 27.7 Å². The van der Waals surface area contributed by atoms with E-state index in [-0.39, 0.29) is 23.1 Å². The van der Waals surface area contributed by atoms with Gasteiger partial charge in [-0.25, -0.2) is 8.42 Å². The van der Waals surface area contributed by atoms with Gasteiger partial charge in [-0.05, 0) is 74.4 Å². The van der Waals surface area contributed by atoms with Gasteiger partial charge < -0.3 is 30.3 Å². The highest BCUT2D eigenvalue weighted by atomic mass is 32.2. The van der Waals surface area contributed by atoms with Crippen molar-refractivity contribution in [2.45, 2.75) is 69.9 Å². The van der Waals surface area contributed by atoms with Crippen LogP contribution in [-0.2, 0) is 35.6 Å². The molecular formula is C33H46N6O7S. The third-order valence-corrected chi connectivity index (χ3v) is 10.5. The number of carbonyl (C=O) groups is 3. The van der Waals surface area contributed by atoms with E-state index in [1.165, 1.54) is 12.0 Å². The molecule has 4 rings (SSSR count). The van der Waals surface area contributed by atoms with Crippen LogP contribution in [0.1, 0.15) is 53.5 Å². The Bertz CT molecular complexity index is 1600. The molecule has 2 atom stereocenters. The van der Waals surface area contributed by atoms with Crippen LogP contribution in [0.15, 0.2) is 35.2 Å². The third kappa shape index (κ3) is 8.87. The number of nitrogens with two attached hydrogens (primary N) is 1. The molecule has 2 saturated heterocycles. The Morgan fingerprint density at radius 2 is 1.66 bits per heavy atom. The molecule has 2 heterocycles. The van der Waals surface area contributed by atoms with E-state index in [1.807, 2.05) is 0 Å². The molecule has 2 fully saturated rings. The first kappa shape index (κ1) is 35.8. The molecule has 0 radical (unpaired) electrons. The summed E-state index contributed by atoms with van der Waals surface area (Å²) in [5.74, 6) is -1.11. The Balaban J connectivity index is 1.68. The van der Waals surface area contributed by atoms with E-state index >= 15 is 0 Å². The summed E-state index contributed by atoms with van der Waals surface area (Å²) in [6.45, 7) is 7.44. The number of ether oxygens (including phenoxy) is 2. The van der Waals surface area contributed by atoms with E-state index in [4.69, 9.17) is 20.6 Å². The van der Waals surface area contributed by atoms with E-state index in [2.05, 4.69) is 10.0 Å². The number of rotatable bonds is 12. The number of methoxy groups -OCH3 is 1. The molecule has 0 aromatic heterocycles. The summed E-state index contributed by atoms with van der Waals surface area (Å²) >= 11 is 0. The van der Waals surface area contributed by atoms with Gasteiger partial charge >= 0.3 is 0 Å². The second-order valence-electron chi connectivity index (χ2n) is 12.1. The van der Waals surface area contributed by atoms with Crippen molar-refractivity contribution in [3.05, 3.63) is 58.1 Å². The Morgan fingerprint density at radius 3 is 2.30 bits per heavy atom. The number of carbonyl (C=O) groups excluding carboxylic acids is 3. The highest BCUT2D eigenvalue weighted by Gasteiger charge is 2.35. The number of nitrogens with zero attached hydrogens (tertiary/aromatic N) is 2. The number of amides is 3. The fourth-order valence-corrected chi connectivity index (χ4v) is 7.83. The number of piperidine rings is 1. The SMILES string of the molecule is COc1cc(C)c(S(=O)(=O)N[C@@H](CC(=O)N2CCOCC2)C(=O)N[C@@H](Cc2cccc(C(=N)N)c2)C(=O)N2CCCCC2)c(C)c1C. The van der Waals surface area contributed by atoms with E-state index in [0.29, 0.717) is 73.0 Å². The molecule has 2 aromatic carbocycles. The largest absolute Gasteiger partial charge is 0.496 e. The maximum atomic E-state index is 14.1. The van der Waals surface area contributed by atoms with Gasteiger partial charge in [-0.15, -0.1) is 0 Å². The fourth-order valence-electron chi connectivity index (χ4n) is 6.11. The number of hydrogen-bond donors (Lipinski definition) is 4. The van der Waals surface area contributed by atoms with Gasteiger partial charge in [0.1, 0.15) is 23.7 Å². The fraction of sp³-hybridized carbons (Fsp3) is 0.515. The zero-order valence-corrected chi connectivity index (χ0v) is 28.4. The summed E-state index contributed by atoms with van der Waals surface area (Å²) in [5.41, 5.74) is 8.33. The second-order valence-corrected chi connectivity index (χ2v) is 13.8. The Kier molecular flexibility index (Phi) is 12.0.